The first kappa shape index (κ1) is 17.5. The first-order valence-corrected chi connectivity index (χ1v) is 10.7. The molecule has 150 valence electrons. The summed E-state index contributed by atoms with van der Waals surface area (Å²) in [4.78, 5) is 21.7. The van der Waals surface area contributed by atoms with E-state index >= 15 is 0 Å². The van der Waals surface area contributed by atoms with Crippen molar-refractivity contribution in [2.24, 2.45) is 0 Å². The summed E-state index contributed by atoms with van der Waals surface area (Å²) in [5, 5.41) is 11.8. The van der Waals surface area contributed by atoms with Gasteiger partial charge in [-0.15, -0.1) is 0 Å². The Morgan fingerprint density at radius 3 is 2.57 bits per heavy atom. The van der Waals surface area contributed by atoms with Crippen molar-refractivity contribution < 1.29 is 9.21 Å². The Morgan fingerprint density at radius 2 is 1.83 bits per heavy atom. The number of nitriles is 1. The molecule has 1 saturated carbocycles. The highest BCUT2D eigenvalue weighted by atomic mass is 16.4. The highest BCUT2D eigenvalue weighted by Crippen LogP contribution is 2.41. The maximum Gasteiger partial charge on any atom is 0.254 e. The monoisotopic (exact) mass is 398 g/mol. The van der Waals surface area contributed by atoms with Gasteiger partial charge >= 0.3 is 0 Å². The molecule has 3 aliphatic rings. The van der Waals surface area contributed by atoms with Gasteiger partial charge in [0.05, 0.1) is 0 Å². The number of amides is 1. The Bertz CT molecular complexity index is 1200. The lowest BCUT2D eigenvalue weighted by Crippen LogP contribution is -2.49. The number of hydrogen-bond acceptors (Lipinski definition) is 5. The van der Waals surface area contributed by atoms with Crippen LogP contribution in [0.3, 0.4) is 0 Å². The van der Waals surface area contributed by atoms with Crippen LogP contribution in [0.1, 0.15) is 51.8 Å². The third kappa shape index (κ3) is 2.69. The summed E-state index contributed by atoms with van der Waals surface area (Å²) in [7, 11) is 0. The largest absolute Gasteiger partial charge is 0.423 e. The third-order valence-electron chi connectivity index (χ3n) is 6.62. The van der Waals surface area contributed by atoms with Crippen LogP contribution in [0.2, 0.25) is 0 Å². The van der Waals surface area contributed by atoms with Gasteiger partial charge in [0.1, 0.15) is 6.07 Å². The van der Waals surface area contributed by atoms with E-state index in [9.17, 15) is 10.1 Å². The lowest BCUT2D eigenvalue weighted by molar-refractivity contribution is 0.0747. The Hall–Kier alpha value is -3.33. The van der Waals surface area contributed by atoms with E-state index in [1.54, 1.807) is 0 Å². The zero-order chi connectivity index (χ0) is 20.2. The molecule has 1 aromatic heterocycles. The number of carbonyl (C=O) groups excluding carboxylic acids is 1. The summed E-state index contributed by atoms with van der Waals surface area (Å²) in [6.07, 6.45) is 4.29. The van der Waals surface area contributed by atoms with Crippen LogP contribution in [0.4, 0.5) is 5.88 Å². The van der Waals surface area contributed by atoms with Crippen molar-refractivity contribution in [1.82, 2.24) is 9.88 Å². The van der Waals surface area contributed by atoms with Gasteiger partial charge in [-0.1, -0.05) is 24.3 Å². The lowest BCUT2D eigenvalue weighted by atomic mass is 9.99. The Labute approximate surface area is 174 Å². The molecule has 2 aromatic carbocycles. The minimum Gasteiger partial charge on any atom is -0.423 e. The van der Waals surface area contributed by atoms with E-state index in [0.717, 1.165) is 36.6 Å². The molecule has 0 unspecified atom stereocenters. The van der Waals surface area contributed by atoms with Crippen molar-refractivity contribution in [2.75, 3.05) is 31.1 Å². The standard InChI is InChI=1S/C24H22N4O2/c25-14-20-24(30-22(26-20)17-6-7-17)28-12-10-27(11-13-28)23(29)19-9-8-16-5-4-15-2-1-3-18(19)21(15)16/h1-3,8-9,17H,4-7,10-13H2. The number of anilines is 1. The molecule has 2 fully saturated rings. The maximum absolute atomic E-state index is 13.3. The summed E-state index contributed by atoms with van der Waals surface area (Å²) < 4.78 is 5.93. The minimum absolute atomic E-state index is 0.0852. The van der Waals surface area contributed by atoms with E-state index in [2.05, 4.69) is 40.2 Å². The normalized spacial score (nSPS) is 18.1. The smallest absolute Gasteiger partial charge is 0.254 e. The molecule has 2 heterocycles. The topological polar surface area (TPSA) is 73.4 Å². The first-order chi connectivity index (χ1) is 14.7. The number of aryl methyl sites for hydroxylation is 2. The number of piperazine rings is 1. The second kappa shape index (κ2) is 6.60. The van der Waals surface area contributed by atoms with E-state index in [4.69, 9.17) is 4.42 Å². The number of carbonyl (C=O) groups is 1. The summed E-state index contributed by atoms with van der Waals surface area (Å²) >= 11 is 0. The van der Waals surface area contributed by atoms with Gasteiger partial charge in [0.25, 0.3) is 5.91 Å². The second-order valence-electron chi connectivity index (χ2n) is 8.48. The Balaban J connectivity index is 1.23. The van der Waals surface area contributed by atoms with Crippen LogP contribution in [0, 0.1) is 11.3 Å². The summed E-state index contributed by atoms with van der Waals surface area (Å²) in [5.41, 5.74) is 3.86. The quantitative estimate of drug-likeness (QED) is 0.673. The van der Waals surface area contributed by atoms with Crippen LogP contribution in [0.15, 0.2) is 34.7 Å². The van der Waals surface area contributed by atoms with Crippen LogP contribution in [-0.2, 0) is 12.8 Å². The fraction of sp³-hybridized carbons (Fsp3) is 0.375. The molecular formula is C24H22N4O2. The summed E-state index contributed by atoms with van der Waals surface area (Å²) in [6, 6.07) is 12.6. The van der Waals surface area contributed by atoms with Crippen molar-refractivity contribution in [3.8, 4) is 6.07 Å². The van der Waals surface area contributed by atoms with E-state index in [-0.39, 0.29) is 5.91 Å². The van der Waals surface area contributed by atoms with Gasteiger partial charge in [0.2, 0.25) is 17.5 Å². The van der Waals surface area contributed by atoms with Crippen molar-refractivity contribution in [3.05, 3.63) is 58.6 Å². The van der Waals surface area contributed by atoms with Crippen molar-refractivity contribution >= 4 is 22.6 Å². The second-order valence-corrected chi connectivity index (χ2v) is 8.48. The molecule has 0 N–H and O–H groups in total. The Morgan fingerprint density at radius 1 is 1.07 bits per heavy atom. The fourth-order valence-electron chi connectivity index (χ4n) is 4.84. The predicted octanol–water partition coefficient (Wildman–Crippen LogP) is 3.64. The molecule has 6 rings (SSSR count). The summed E-state index contributed by atoms with van der Waals surface area (Å²) in [5.74, 6) is 1.71. The van der Waals surface area contributed by atoms with Gasteiger partial charge in [-0.05, 0) is 53.6 Å². The average molecular weight is 398 g/mol. The SMILES string of the molecule is N#Cc1nc(C2CC2)oc1N1CCN(C(=O)c2ccc3c4c(cccc24)CC3)CC1. The molecule has 0 atom stereocenters. The maximum atomic E-state index is 13.3. The first-order valence-electron chi connectivity index (χ1n) is 10.7. The molecule has 0 radical (unpaired) electrons. The number of oxazole rings is 1. The molecule has 1 amide bonds. The van der Waals surface area contributed by atoms with Gasteiger partial charge < -0.3 is 14.2 Å². The van der Waals surface area contributed by atoms with Crippen LogP contribution >= 0.6 is 0 Å². The molecular weight excluding hydrogens is 376 g/mol. The molecule has 6 nitrogen and oxygen atoms in total. The molecule has 6 heteroatoms. The zero-order valence-corrected chi connectivity index (χ0v) is 16.7. The molecule has 0 bridgehead atoms. The highest BCUT2D eigenvalue weighted by Gasteiger charge is 2.33. The van der Waals surface area contributed by atoms with Crippen molar-refractivity contribution in [3.63, 3.8) is 0 Å². The van der Waals surface area contributed by atoms with Crippen LogP contribution in [-0.4, -0.2) is 42.0 Å². The van der Waals surface area contributed by atoms with E-state index in [1.165, 1.54) is 16.5 Å². The molecule has 1 saturated heterocycles. The average Bonchev–Trinajstić information content (AvgIpc) is 3.41. The molecule has 30 heavy (non-hydrogen) atoms. The van der Waals surface area contributed by atoms with Gasteiger partial charge in [-0.25, -0.2) is 4.98 Å². The van der Waals surface area contributed by atoms with Gasteiger partial charge in [-0.2, -0.15) is 5.26 Å². The predicted molar refractivity (Wildman–Crippen MR) is 113 cm³/mol. The number of rotatable bonds is 3. The third-order valence-corrected chi connectivity index (χ3v) is 6.62. The Kier molecular flexibility index (Phi) is 3.85. The molecule has 0 spiro atoms. The lowest BCUT2D eigenvalue weighted by Gasteiger charge is -2.34. The van der Waals surface area contributed by atoms with E-state index in [1.807, 2.05) is 11.0 Å². The minimum atomic E-state index is 0.0852. The van der Waals surface area contributed by atoms with Gasteiger partial charge in [-0.3, -0.25) is 4.79 Å². The number of benzene rings is 2. The fourth-order valence-corrected chi connectivity index (χ4v) is 4.84. The highest BCUT2D eigenvalue weighted by molar-refractivity contribution is 6.09. The number of aromatic nitrogens is 1. The van der Waals surface area contributed by atoms with E-state index < -0.39 is 0 Å². The number of nitrogens with zero attached hydrogens (tertiary/aromatic N) is 4. The van der Waals surface area contributed by atoms with Crippen molar-refractivity contribution in [2.45, 2.75) is 31.6 Å². The molecule has 2 aliphatic carbocycles. The zero-order valence-electron chi connectivity index (χ0n) is 16.7. The van der Waals surface area contributed by atoms with Gasteiger partial charge in [0, 0.05) is 37.7 Å². The summed E-state index contributed by atoms with van der Waals surface area (Å²) in [6.45, 7) is 2.49. The van der Waals surface area contributed by atoms with Crippen LogP contribution in [0.5, 0.6) is 0 Å². The van der Waals surface area contributed by atoms with Gasteiger partial charge in [0.15, 0.2) is 0 Å². The van der Waals surface area contributed by atoms with Crippen LogP contribution < -0.4 is 4.90 Å². The molecule has 3 aromatic rings. The molecule has 1 aliphatic heterocycles. The number of hydrogen-bond donors (Lipinski definition) is 0. The van der Waals surface area contributed by atoms with Crippen LogP contribution in [0.25, 0.3) is 10.8 Å². The van der Waals surface area contributed by atoms with E-state index in [0.29, 0.717) is 49.6 Å². The van der Waals surface area contributed by atoms with Crippen molar-refractivity contribution in [1.29, 1.82) is 5.26 Å².